The lowest BCUT2D eigenvalue weighted by Gasteiger charge is -2.13. The van der Waals surface area contributed by atoms with Crippen LogP contribution in [0.15, 0.2) is 455 Å². The molecule has 0 amide bonds. The van der Waals surface area contributed by atoms with Gasteiger partial charge in [-0.3, -0.25) is 9.97 Å². The molecular weight excluding hydrogens is 1520 g/mol. The zero-order chi connectivity index (χ0) is 83.4. The van der Waals surface area contributed by atoms with Crippen LogP contribution in [0, 0.1) is 6.57 Å². The summed E-state index contributed by atoms with van der Waals surface area (Å²) in [4.78, 5) is 37.8. The van der Waals surface area contributed by atoms with Crippen molar-refractivity contribution in [2.75, 3.05) is 0 Å². The molecule has 7 heterocycles. The van der Waals surface area contributed by atoms with E-state index in [9.17, 15) is 0 Å². The maximum Gasteiger partial charge on any atom is 0.188 e. The van der Waals surface area contributed by atoms with Crippen LogP contribution in [0.2, 0.25) is 0 Å². The molecule has 0 atom stereocenters. The van der Waals surface area contributed by atoms with Crippen molar-refractivity contribution in [3.63, 3.8) is 0 Å². The Kier molecular flexibility index (Phi) is 20.2. The van der Waals surface area contributed by atoms with Crippen molar-refractivity contribution in [2.45, 2.75) is 0 Å². The average Bonchev–Trinajstić information content (AvgIpc) is 1.56. The second-order valence-electron chi connectivity index (χ2n) is 30.7. The highest BCUT2D eigenvalue weighted by atomic mass is 15.0. The van der Waals surface area contributed by atoms with Gasteiger partial charge in [0.2, 0.25) is 0 Å². The van der Waals surface area contributed by atoms with E-state index in [0.717, 1.165) is 117 Å². The van der Waals surface area contributed by atoms with E-state index in [1.54, 1.807) is 0 Å². The first-order valence-electron chi connectivity index (χ1n) is 41.7. The maximum absolute atomic E-state index is 7.48. The van der Waals surface area contributed by atoms with Gasteiger partial charge in [-0.2, -0.15) is 0 Å². The van der Waals surface area contributed by atoms with E-state index in [0.29, 0.717) is 29.0 Å². The van der Waals surface area contributed by atoms with Gasteiger partial charge in [-0.25, -0.2) is 29.8 Å². The summed E-state index contributed by atoms with van der Waals surface area (Å²) in [6.45, 7) is 7.48. The topological polar surface area (TPSA) is 109 Å². The largest absolute Gasteiger partial charge is 0.309 e. The molecule has 0 bridgehead atoms. The molecular formula is C114H75N11. The molecule has 586 valence electrons. The van der Waals surface area contributed by atoms with Gasteiger partial charge in [-0.15, -0.1) is 0 Å². The standard InChI is InChI=1S/2C40H27N3.C34H21N5/c1-3-12-28(13-4-1)29-22-24-30(25-23-29)36-27-37(42-40(41-36)31-14-5-2-6-15-31)32-16-11-17-33(26-32)43-38-20-9-7-18-34(38)35-19-8-10-21-39(35)43;1-3-11-28(12-4-1)30-17-19-39-35(26-30)36-27-31(29-13-5-2-6-14-29)18-20-40(36)43(39)34-24-32(37-15-7-9-21-41-37)23-33(25-34)38-16-8-10-22-42-38;1-35-26-19-20-31-29(22-26)28-17-8-9-18-30(28)39(31)27-16-10-15-25(21-27)34-37-32(23-11-4-2-5-12-23)36-33(38-34)24-13-6-3-7-14-24/h2*1-27H;2-22H. The van der Waals surface area contributed by atoms with Gasteiger partial charge < -0.3 is 13.7 Å². The number of fused-ring (bicyclic) bond motifs is 9. The highest BCUT2D eigenvalue weighted by Gasteiger charge is 2.22. The molecule has 0 aliphatic carbocycles. The summed E-state index contributed by atoms with van der Waals surface area (Å²) in [5.41, 5.74) is 29.4. The minimum atomic E-state index is 0.612. The first kappa shape index (κ1) is 75.3. The summed E-state index contributed by atoms with van der Waals surface area (Å²) in [6.07, 6.45) is 3.69. The highest BCUT2D eigenvalue weighted by Crippen LogP contribution is 2.42. The molecule has 7 aromatic heterocycles. The Balaban J connectivity index is 0.000000115. The molecule has 0 saturated carbocycles. The number of hydrogen-bond acceptors (Lipinski definition) is 7. The van der Waals surface area contributed by atoms with Crippen molar-refractivity contribution in [2.24, 2.45) is 0 Å². The quantitative estimate of drug-likeness (QED) is 0.0998. The molecule has 0 N–H and O–H groups in total. The molecule has 125 heavy (non-hydrogen) atoms. The van der Waals surface area contributed by atoms with E-state index in [-0.39, 0.29) is 0 Å². The van der Waals surface area contributed by atoms with Crippen molar-refractivity contribution >= 4 is 71.1 Å². The van der Waals surface area contributed by atoms with Crippen molar-refractivity contribution in [3.8, 4) is 141 Å². The van der Waals surface area contributed by atoms with E-state index in [2.05, 4.69) is 310 Å². The summed E-state index contributed by atoms with van der Waals surface area (Å²) >= 11 is 0. The summed E-state index contributed by atoms with van der Waals surface area (Å²) < 4.78 is 6.96. The van der Waals surface area contributed by atoms with Gasteiger partial charge in [0.15, 0.2) is 29.0 Å². The predicted octanol–water partition coefficient (Wildman–Crippen LogP) is 29.0. The third-order valence-corrected chi connectivity index (χ3v) is 22.9. The molecule has 23 rings (SSSR count). The molecule has 11 nitrogen and oxygen atoms in total. The lowest BCUT2D eigenvalue weighted by atomic mass is 10.0. The van der Waals surface area contributed by atoms with Crippen molar-refractivity contribution in [1.82, 2.24) is 48.6 Å². The molecule has 16 aromatic carbocycles. The van der Waals surface area contributed by atoms with Crippen LogP contribution in [0.1, 0.15) is 0 Å². The van der Waals surface area contributed by atoms with Gasteiger partial charge in [0.05, 0.1) is 62.4 Å². The van der Waals surface area contributed by atoms with E-state index in [1.807, 2.05) is 164 Å². The minimum absolute atomic E-state index is 0.612. The number of aromatic nitrogens is 10. The summed E-state index contributed by atoms with van der Waals surface area (Å²) in [7, 11) is 0. The Labute approximate surface area is 722 Å². The van der Waals surface area contributed by atoms with Crippen LogP contribution < -0.4 is 0 Å². The van der Waals surface area contributed by atoms with Crippen molar-refractivity contribution < 1.29 is 0 Å². The molecule has 0 fully saturated rings. The number of pyridine rings is 2. The lowest BCUT2D eigenvalue weighted by Crippen LogP contribution is -2.01. The van der Waals surface area contributed by atoms with Crippen molar-refractivity contribution in [1.29, 1.82) is 0 Å². The van der Waals surface area contributed by atoms with Gasteiger partial charge >= 0.3 is 0 Å². The first-order chi connectivity index (χ1) is 61.9. The monoisotopic (exact) mass is 1600 g/mol. The van der Waals surface area contributed by atoms with Crippen LogP contribution in [0.3, 0.4) is 0 Å². The van der Waals surface area contributed by atoms with E-state index >= 15 is 0 Å². The van der Waals surface area contributed by atoms with E-state index < -0.39 is 0 Å². The molecule has 0 spiro atoms. The van der Waals surface area contributed by atoms with Gasteiger partial charge in [-0.05, 0) is 166 Å². The molecule has 0 aliphatic rings. The van der Waals surface area contributed by atoms with E-state index in [1.165, 1.54) is 66.0 Å². The zero-order valence-electron chi connectivity index (χ0n) is 67.7. The Hall–Kier alpha value is -17.2. The van der Waals surface area contributed by atoms with Crippen LogP contribution in [-0.4, -0.2) is 48.6 Å². The zero-order valence-corrected chi connectivity index (χ0v) is 67.7. The number of para-hydroxylation sites is 3. The van der Waals surface area contributed by atoms with Gasteiger partial charge in [0.25, 0.3) is 0 Å². The lowest BCUT2D eigenvalue weighted by molar-refractivity contribution is 1.07. The Bertz CT molecular complexity index is 7670. The predicted molar refractivity (Wildman–Crippen MR) is 513 cm³/mol. The number of nitrogens with zero attached hydrogens (tertiary/aromatic N) is 11. The SMILES string of the molecule is [C-]#[N+]c1ccc2c(c1)c1ccccc1n2-c1cccc(-c2nc(-c3ccccc3)nc(-c3ccccc3)n2)c1.c1ccc(-c2ccc(-c3cc(-c4cccc(-n5c6ccccc6c6ccccc65)c4)nc(-c4ccccc4)n3)cc2)cc1.c1ccc(-c2ccc3c(c2)c2cc(-c4ccccc4)ccc2n3-c2cc(-c3ccccn3)cc(-c3ccccn3)c2)cc1. The third kappa shape index (κ3) is 15.1. The normalized spacial score (nSPS) is 11.2. The molecule has 0 aliphatic heterocycles. The van der Waals surface area contributed by atoms with Crippen LogP contribution >= 0.6 is 0 Å². The second-order valence-corrected chi connectivity index (χ2v) is 30.7. The number of rotatable bonds is 14. The van der Waals surface area contributed by atoms with Crippen LogP contribution in [0.4, 0.5) is 5.69 Å². The fourth-order valence-corrected chi connectivity index (χ4v) is 17.0. The summed E-state index contributed by atoms with van der Waals surface area (Å²) in [5, 5.41) is 7.11. The molecule has 23 aromatic rings. The second kappa shape index (κ2) is 33.5. The number of hydrogen-bond donors (Lipinski definition) is 0. The van der Waals surface area contributed by atoms with Crippen molar-refractivity contribution in [3.05, 3.63) is 467 Å². The Morgan fingerprint density at radius 2 is 0.488 bits per heavy atom. The van der Waals surface area contributed by atoms with Crippen LogP contribution in [0.25, 0.3) is 211 Å². The van der Waals surface area contributed by atoms with E-state index in [4.69, 9.17) is 41.5 Å². The van der Waals surface area contributed by atoms with Crippen LogP contribution in [0.5, 0.6) is 0 Å². The third-order valence-electron chi connectivity index (χ3n) is 22.9. The summed E-state index contributed by atoms with van der Waals surface area (Å²) in [5.74, 6) is 2.59. The fraction of sp³-hybridized carbons (Fsp3) is 0. The smallest absolute Gasteiger partial charge is 0.188 e. The molecule has 0 saturated heterocycles. The van der Waals surface area contributed by atoms with Gasteiger partial charge in [-0.1, -0.05) is 315 Å². The number of benzene rings is 16. The molecule has 11 heteroatoms. The maximum atomic E-state index is 7.48. The Morgan fingerprint density at radius 3 is 0.936 bits per heavy atom. The van der Waals surface area contributed by atoms with Crippen LogP contribution in [-0.2, 0) is 0 Å². The fourth-order valence-electron chi connectivity index (χ4n) is 17.0. The highest BCUT2D eigenvalue weighted by molar-refractivity contribution is 6.13. The molecule has 0 radical (unpaired) electrons. The first-order valence-corrected chi connectivity index (χ1v) is 41.7. The Morgan fingerprint density at radius 1 is 0.176 bits per heavy atom. The van der Waals surface area contributed by atoms with Gasteiger partial charge in [0, 0.05) is 101 Å². The molecule has 0 unspecified atom stereocenters. The van der Waals surface area contributed by atoms with Gasteiger partial charge in [0.1, 0.15) is 0 Å². The average molecular weight is 1600 g/mol. The summed E-state index contributed by atoms with van der Waals surface area (Å²) in [6, 6.07) is 153. The minimum Gasteiger partial charge on any atom is -0.309 e.